The molecule has 0 unspecified atom stereocenters. The van der Waals surface area contributed by atoms with Crippen LogP contribution >= 0.6 is 36.4 Å². The van der Waals surface area contributed by atoms with Crippen molar-refractivity contribution < 1.29 is 4.79 Å². The molecule has 1 aliphatic carbocycles. The minimum absolute atomic E-state index is 0. The molecule has 3 aromatic rings. The number of nitrogens with zero attached hydrogens (tertiary/aromatic N) is 3. The molecule has 1 fully saturated rings. The summed E-state index contributed by atoms with van der Waals surface area (Å²) in [6.45, 7) is 2.34. The number of nitrogens with one attached hydrogen (secondary N) is 2. The number of hydrogen-bond acceptors (Lipinski definition) is 5. The number of rotatable bonds is 6. The van der Waals surface area contributed by atoms with Crippen molar-refractivity contribution in [3.63, 3.8) is 0 Å². The van der Waals surface area contributed by atoms with E-state index in [9.17, 15) is 4.79 Å². The largest absolute Gasteiger partial charge is 0.370 e. The molecule has 1 aromatic heterocycles. The fourth-order valence-electron chi connectivity index (χ4n) is 4.16. The molecule has 2 atom stereocenters. The van der Waals surface area contributed by atoms with E-state index >= 15 is 0 Å². The van der Waals surface area contributed by atoms with Crippen molar-refractivity contribution in [3.8, 4) is 0 Å². The van der Waals surface area contributed by atoms with Crippen LogP contribution in [0.1, 0.15) is 47.4 Å². The molecular weight excluding hydrogens is 509 g/mol. The number of aliphatic imine (C=N–C) groups is 1. The van der Waals surface area contributed by atoms with E-state index in [2.05, 4.69) is 25.6 Å². The molecule has 0 saturated heterocycles. The number of nitrogens with two attached hydrogens (primary N) is 2. The zero-order valence-corrected chi connectivity index (χ0v) is 21.7. The van der Waals surface area contributed by atoms with Gasteiger partial charge in [-0.2, -0.15) is 0 Å². The second kappa shape index (κ2) is 12.8. The summed E-state index contributed by atoms with van der Waals surface area (Å²) in [6, 6.07) is 13.2. The van der Waals surface area contributed by atoms with Gasteiger partial charge in [0.2, 0.25) is 5.82 Å². The minimum atomic E-state index is -0.357. The van der Waals surface area contributed by atoms with Crippen molar-refractivity contribution in [1.82, 2.24) is 15.3 Å². The summed E-state index contributed by atoms with van der Waals surface area (Å²) in [6.07, 6.45) is 3.95. The molecule has 8 nitrogen and oxygen atoms in total. The van der Waals surface area contributed by atoms with E-state index in [0.29, 0.717) is 22.9 Å². The van der Waals surface area contributed by atoms with Crippen molar-refractivity contribution in [1.29, 1.82) is 0 Å². The number of amides is 1. The van der Waals surface area contributed by atoms with E-state index in [1.807, 2.05) is 43.3 Å². The van der Waals surface area contributed by atoms with Crippen molar-refractivity contribution in [2.24, 2.45) is 16.5 Å². The number of anilines is 1. The molecule has 0 bridgehead atoms. The van der Waals surface area contributed by atoms with Gasteiger partial charge in [0.1, 0.15) is 5.82 Å². The van der Waals surface area contributed by atoms with Crippen LogP contribution in [0.4, 0.5) is 5.82 Å². The number of hydrogen-bond donors (Lipinski definition) is 4. The van der Waals surface area contributed by atoms with Crippen LogP contribution in [0.15, 0.2) is 47.5 Å². The van der Waals surface area contributed by atoms with Crippen LogP contribution in [-0.2, 0) is 6.54 Å². The number of carbonyl (C=O) groups is 1. The lowest BCUT2D eigenvalue weighted by atomic mass is 9.90. The van der Waals surface area contributed by atoms with E-state index in [1.54, 1.807) is 6.07 Å². The molecule has 1 heterocycles. The molecule has 11 heteroatoms. The first-order valence-corrected chi connectivity index (χ1v) is 11.4. The lowest BCUT2D eigenvalue weighted by Crippen LogP contribution is -2.38. The van der Waals surface area contributed by atoms with E-state index in [4.69, 9.17) is 23.1 Å². The molecule has 0 radical (unpaired) electrons. The average molecular weight is 539 g/mol. The number of guanidine groups is 1. The fraction of sp³-hybridized carbons (Fsp3) is 0.333. The molecule has 6 N–H and O–H groups in total. The van der Waals surface area contributed by atoms with Crippen molar-refractivity contribution in [2.75, 3.05) is 5.32 Å². The molecular formula is C24H30Cl3N7O. The van der Waals surface area contributed by atoms with E-state index in [-0.39, 0.29) is 54.6 Å². The monoisotopic (exact) mass is 537 g/mol. The average Bonchev–Trinajstić information content (AvgIpc) is 2.78. The Bertz CT molecular complexity index is 1200. The van der Waals surface area contributed by atoms with Gasteiger partial charge in [0.25, 0.3) is 5.91 Å². The highest BCUT2D eigenvalue weighted by Gasteiger charge is 2.26. The topological polar surface area (TPSA) is 131 Å². The number of carbonyl (C=O) groups excluding carboxylic acids is 1. The van der Waals surface area contributed by atoms with Crippen LogP contribution in [0.25, 0.3) is 10.9 Å². The maximum atomic E-state index is 12.9. The Hall–Kier alpha value is -2.81. The van der Waals surface area contributed by atoms with Gasteiger partial charge in [0.15, 0.2) is 5.96 Å². The molecule has 35 heavy (non-hydrogen) atoms. The van der Waals surface area contributed by atoms with Crippen LogP contribution < -0.4 is 22.1 Å². The highest BCUT2D eigenvalue weighted by atomic mass is 35.5. The summed E-state index contributed by atoms with van der Waals surface area (Å²) < 4.78 is 0. The molecule has 1 amide bonds. The Morgan fingerprint density at radius 2 is 1.89 bits per heavy atom. The number of fused-ring (bicyclic) bond motifs is 1. The smallest absolute Gasteiger partial charge is 0.289 e. The summed E-state index contributed by atoms with van der Waals surface area (Å²) in [5.41, 5.74) is 14.0. The summed E-state index contributed by atoms with van der Waals surface area (Å²) in [5, 5.41) is 7.87. The summed E-state index contributed by atoms with van der Waals surface area (Å²) in [4.78, 5) is 26.5. The van der Waals surface area contributed by atoms with Crippen LogP contribution in [0.2, 0.25) is 5.02 Å². The first kappa shape index (κ1) is 28.4. The normalized spacial score (nSPS) is 17.0. The van der Waals surface area contributed by atoms with Gasteiger partial charge < -0.3 is 22.1 Å². The predicted octanol–water partition coefficient (Wildman–Crippen LogP) is 4.36. The predicted molar refractivity (Wildman–Crippen MR) is 147 cm³/mol. The maximum absolute atomic E-state index is 12.9. The molecule has 4 rings (SSSR count). The SMILES string of the molecule is Cc1ccc2nc(C(=O)NCc3cccc(Cl)c3)nc(N[C@H]3CCCC[C@H]3N=C(N)N)c2c1.Cl.Cl. The highest BCUT2D eigenvalue weighted by molar-refractivity contribution is 6.30. The van der Waals surface area contributed by atoms with Gasteiger partial charge in [-0.15, -0.1) is 24.8 Å². The third-order valence-corrected chi connectivity index (χ3v) is 6.00. The molecule has 0 spiro atoms. The van der Waals surface area contributed by atoms with E-state index < -0.39 is 0 Å². The first-order chi connectivity index (χ1) is 15.9. The highest BCUT2D eigenvalue weighted by Crippen LogP contribution is 2.28. The third kappa shape index (κ3) is 7.34. The van der Waals surface area contributed by atoms with Gasteiger partial charge in [-0.25, -0.2) is 15.0 Å². The molecule has 0 aliphatic heterocycles. The Kier molecular flexibility index (Phi) is 10.4. The number of halogens is 3. The Morgan fingerprint density at radius 3 is 2.63 bits per heavy atom. The second-order valence-electron chi connectivity index (χ2n) is 8.39. The third-order valence-electron chi connectivity index (χ3n) is 5.76. The molecule has 188 valence electrons. The lowest BCUT2D eigenvalue weighted by molar-refractivity contribution is 0.0941. The van der Waals surface area contributed by atoms with Gasteiger partial charge in [0.05, 0.1) is 17.6 Å². The van der Waals surface area contributed by atoms with E-state index in [0.717, 1.165) is 42.2 Å². The molecule has 1 aliphatic rings. The Labute approximate surface area is 222 Å². The summed E-state index contributed by atoms with van der Waals surface area (Å²) >= 11 is 6.04. The zero-order valence-electron chi connectivity index (χ0n) is 19.3. The Morgan fingerprint density at radius 1 is 1.11 bits per heavy atom. The lowest BCUT2D eigenvalue weighted by Gasteiger charge is -2.30. The number of benzene rings is 2. The standard InChI is InChI=1S/C24H28ClN7O.2ClH/c1-14-9-10-18-17(11-14)21(30-19-7-2-3-8-20(19)31-24(26)27)32-22(29-18)23(33)28-13-15-5-4-6-16(25)12-15;;/h4-6,9-12,19-20H,2-3,7-8,13H2,1H3,(H,28,33)(H4,26,27,31)(H,29,30,32);2*1H/t19-,20+;;/m0../s1. The number of aryl methyl sites for hydroxylation is 1. The van der Waals surface area contributed by atoms with Crippen LogP contribution in [0.5, 0.6) is 0 Å². The van der Waals surface area contributed by atoms with E-state index in [1.165, 1.54) is 0 Å². The van der Waals surface area contributed by atoms with Gasteiger partial charge in [-0.1, -0.05) is 48.2 Å². The summed E-state index contributed by atoms with van der Waals surface area (Å²) in [7, 11) is 0. The van der Waals surface area contributed by atoms with Gasteiger partial charge >= 0.3 is 0 Å². The fourth-order valence-corrected chi connectivity index (χ4v) is 4.38. The summed E-state index contributed by atoms with van der Waals surface area (Å²) in [5.74, 6) is 0.437. The zero-order chi connectivity index (χ0) is 23.4. The molecule has 2 aromatic carbocycles. The molecule has 1 saturated carbocycles. The second-order valence-corrected chi connectivity index (χ2v) is 8.82. The van der Waals surface area contributed by atoms with Crippen molar-refractivity contribution >= 4 is 65.0 Å². The van der Waals surface area contributed by atoms with Gasteiger partial charge in [0, 0.05) is 17.0 Å². The van der Waals surface area contributed by atoms with Crippen molar-refractivity contribution in [2.45, 2.75) is 51.2 Å². The first-order valence-electron chi connectivity index (χ1n) is 11.1. The minimum Gasteiger partial charge on any atom is -0.370 e. The van der Waals surface area contributed by atoms with Crippen LogP contribution in [0.3, 0.4) is 0 Å². The quantitative estimate of drug-likeness (QED) is 0.272. The van der Waals surface area contributed by atoms with Crippen LogP contribution in [0, 0.1) is 6.92 Å². The van der Waals surface area contributed by atoms with Gasteiger partial charge in [-0.3, -0.25) is 4.79 Å². The Balaban J connectivity index is 0.00000216. The van der Waals surface area contributed by atoms with Gasteiger partial charge in [-0.05, 0) is 49.6 Å². The van der Waals surface area contributed by atoms with Crippen LogP contribution in [-0.4, -0.2) is 33.9 Å². The number of aromatic nitrogens is 2. The van der Waals surface area contributed by atoms with Crippen molar-refractivity contribution in [3.05, 3.63) is 64.4 Å². The maximum Gasteiger partial charge on any atom is 0.289 e.